The van der Waals surface area contributed by atoms with E-state index in [9.17, 15) is 4.79 Å². The van der Waals surface area contributed by atoms with E-state index in [2.05, 4.69) is 36.6 Å². The van der Waals surface area contributed by atoms with Crippen LogP contribution in [0.15, 0.2) is 24.3 Å². The number of amides is 1. The van der Waals surface area contributed by atoms with Gasteiger partial charge in [-0.3, -0.25) is 4.79 Å². The second kappa shape index (κ2) is 8.03. The Hall–Kier alpha value is -1.55. The minimum absolute atomic E-state index is 0.00885. The van der Waals surface area contributed by atoms with Gasteiger partial charge in [0, 0.05) is 12.6 Å². The molecule has 0 aromatic heterocycles. The van der Waals surface area contributed by atoms with E-state index in [4.69, 9.17) is 4.74 Å². The highest BCUT2D eigenvalue weighted by Crippen LogP contribution is 2.20. The summed E-state index contributed by atoms with van der Waals surface area (Å²) in [6.45, 7) is 6.10. The number of carbonyl (C=O) groups excluding carboxylic acids is 1. The molecule has 1 aliphatic rings. The second-order valence-electron chi connectivity index (χ2n) is 5.64. The van der Waals surface area contributed by atoms with Crippen LogP contribution in [0.4, 0.5) is 0 Å². The summed E-state index contributed by atoms with van der Waals surface area (Å²) in [6, 6.07) is 8.38. The van der Waals surface area contributed by atoms with Crippen LogP contribution in [0.3, 0.4) is 0 Å². The van der Waals surface area contributed by atoms with Crippen LogP contribution >= 0.6 is 0 Å². The average Bonchev–Trinajstić information content (AvgIpc) is 2.70. The molecule has 0 bridgehead atoms. The number of rotatable bonds is 6. The van der Waals surface area contributed by atoms with Crippen LogP contribution in [0, 0.1) is 0 Å². The number of benzene rings is 1. The van der Waals surface area contributed by atoms with Crippen LogP contribution < -0.4 is 15.4 Å². The van der Waals surface area contributed by atoms with E-state index in [1.54, 1.807) is 0 Å². The summed E-state index contributed by atoms with van der Waals surface area (Å²) in [4.78, 5) is 11.9. The minimum Gasteiger partial charge on any atom is -0.481 e. The molecular formula is C17H26N2O2. The van der Waals surface area contributed by atoms with Gasteiger partial charge >= 0.3 is 0 Å². The predicted octanol–water partition coefficient (Wildman–Crippen LogP) is 2.79. The van der Waals surface area contributed by atoms with Crippen LogP contribution in [0.5, 0.6) is 5.75 Å². The van der Waals surface area contributed by atoms with Crippen molar-refractivity contribution in [1.29, 1.82) is 0 Å². The lowest BCUT2D eigenvalue weighted by Crippen LogP contribution is -2.36. The van der Waals surface area contributed by atoms with Crippen molar-refractivity contribution < 1.29 is 9.53 Å². The molecule has 2 atom stereocenters. The largest absolute Gasteiger partial charge is 0.481 e. The van der Waals surface area contributed by atoms with Gasteiger partial charge in [0.1, 0.15) is 5.75 Å². The molecule has 2 N–H and O–H groups in total. The summed E-state index contributed by atoms with van der Waals surface area (Å²) in [5.74, 6) is 0.776. The highest BCUT2D eigenvalue weighted by Gasteiger charge is 2.22. The van der Waals surface area contributed by atoms with E-state index in [0.29, 0.717) is 6.04 Å². The third kappa shape index (κ3) is 4.74. The monoisotopic (exact) mass is 290 g/mol. The summed E-state index contributed by atoms with van der Waals surface area (Å²) >= 11 is 0. The van der Waals surface area contributed by atoms with Crippen molar-refractivity contribution >= 4 is 5.91 Å². The van der Waals surface area contributed by atoms with Crippen molar-refractivity contribution in [3.8, 4) is 5.75 Å². The zero-order chi connectivity index (χ0) is 15.1. The number of carbonyl (C=O) groups is 1. The van der Waals surface area contributed by atoms with E-state index >= 15 is 0 Å². The first-order valence-corrected chi connectivity index (χ1v) is 7.98. The zero-order valence-corrected chi connectivity index (χ0v) is 13.0. The Bertz CT molecular complexity index is 445. The lowest BCUT2D eigenvalue weighted by Gasteiger charge is -2.17. The van der Waals surface area contributed by atoms with E-state index in [-0.39, 0.29) is 12.0 Å². The number of ether oxygens (including phenoxy) is 1. The second-order valence-corrected chi connectivity index (χ2v) is 5.64. The Labute approximate surface area is 127 Å². The minimum atomic E-state index is -0.353. The van der Waals surface area contributed by atoms with Crippen molar-refractivity contribution in [3.05, 3.63) is 29.8 Å². The molecule has 1 heterocycles. The first-order valence-electron chi connectivity index (χ1n) is 7.98. The predicted molar refractivity (Wildman–Crippen MR) is 84.4 cm³/mol. The molecule has 116 valence electrons. The van der Waals surface area contributed by atoms with Gasteiger partial charge in [0.15, 0.2) is 6.10 Å². The van der Waals surface area contributed by atoms with E-state index in [1.807, 2.05) is 12.1 Å². The summed E-state index contributed by atoms with van der Waals surface area (Å²) in [6.07, 6.45) is 3.63. The molecule has 1 aromatic rings. The average molecular weight is 290 g/mol. The fraction of sp³-hybridized carbons (Fsp3) is 0.588. The van der Waals surface area contributed by atoms with Gasteiger partial charge in [0.05, 0.1) is 0 Å². The third-order valence-corrected chi connectivity index (χ3v) is 3.84. The van der Waals surface area contributed by atoms with Crippen molar-refractivity contribution in [2.24, 2.45) is 0 Å². The van der Waals surface area contributed by atoms with Gasteiger partial charge < -0.3 is 15.4 Å². The maximum absolute atomic E-state index is 11.9. The van der Waals surface area contributed by atoms with Crippen molar-refractivity contribution in [2.75, 3.05) is 13.1 Å². The Kier molecular flexibility index (Phi) is 6.05. The Morgan fingerprint density at radius 2 is 2.10 bits per heavy atom. The molecule has 4 nitrogen and oxygen atoms in total. The van der Waals surface area contributed by atoms with Crippen molar-refractivity contribution in [1.82, 2.24) is 10.6 Å². The highest BCUT2D eigenvalue weighted by molar-refractivity contribution is 5.81. The third-order valence-electron chi connectivity index (χ3n) is 3.84. The molecule has 21 heavy (non-hydrogen) atoms. The summed E-state index contributed by atoms with van der Waals surface area (Å²) < 4.78 is 5.83. The van der Waals surface area contributed by atoms with Gasteiger partial charge in [-0.05, 0) is 56.8 Å². The van der Waals surface area contributed by atoms with Crippen LogP contribution in [-0.2, 0) is 4.79 Å². The number of nitrogens with one attached hydrogen (secondary N) is 2. The SMILES string of the molecule is CCCNC(C)c1ccc(OC2CCCCNC2=O)cc1. The lowest BCUT2D eigenvalue weighted by atomic mass is 10.1. The van der Waals surface area contributed by atoms with Gasteiger partial charge in [-0.25, -0.2) is 0 Å². The molecule has 1 aromatic carbocycles. The van der Waals surface area contributed by atoms with Crippen LogP contribution in [-0.4, -0.2) is 25.1 Å². The quantitative estimate of drug-likeness (QED) is 0.847. The molecule has 1 aliphatic heterocycles. The van der Waals surface area contributed by atoms with E-state index in [1.165, 1.54) is 5.56 Å². The fourth-order valence-electron chi connectivity index (χ4n) is 2.50. The Morgan fingerprint density at radius 3 is 2.81 bits per heavy atom. The molecule has 0 saturated carbocycles. The number of hydrogen-bond donors (Lipinski definition) is 2. The van der Waals surface area contributed by atoms with Crippen LogP contribution in [0.1, 0.15) is 51.1 Å². The van der Waals surface area contributed by atoms with E-state index < -0.39 is 0 Å². The number of hydrogen-bond acceptors (Lipinski definition) is 3. The topological polar surface area (TPSA) is 50.4 Å². The normalized spacial score (nSPS) is 20.5. The molecular weight excluding hydrogens is 264 g/mol. The first-order chi connectivity index (χ1) is 10.2. The first kappa shape index (κ1) is 15.8. The van der Waals surface area contributed by atoms with Gasteiger partial charge in [-0.1, -0.05) is 19.1 Å². The Morgan fingerprint density at radius 1 is 1.33 bits per heavy atom. The van der Waals surface area contributed by atoms with Gasteiger partial charge in [0.2, 0.25) is 0 Å². The summed E-state index contributed by atoms with van der Waals surface area (Å²) in [5.41, 5.74) is 1.24. The van der Waals surface area contributed by atoms with Crippen LogP contribution in [0.25, 0.3) is 0 Å². The molecule has 4 heteroatoms. The molecule has 1 amide bonds. The molecule has 1 saturated heterocycles. The van der Waals surface area contributed by atoms with Gasteiger partial charge in [-0.2, -0.15) is 0 Å². The van der Waals surface area contributed by atoms with Gasteiger partial charge in [0.25, 0.3) is 5.91 Å². The smallest absolute Gasteiger partial charge is 0.261 e. The van der Waals surface area contributed by atoms with Gasteiger partial charge in [-0.15, -0.1) is 0 Å². The lowest BCUT2D eigenvalue weighted by molar-refractivity contribution is -0.127. The molecule has 0 aliphatic carbocycles. The highest BCUT2D eigenvalue weighted by atomic mass is 16.5. The molecule has 2 unspecified atom stereocenters. The summed E-state index contributed by atoms with van der Waals surface area (Å²) in [5, 5.41) is 6.35. The zero-order valence-electron chi connectivity index (χ0n) is 13.0. The fourth-order valence-corrected chi connectivity index (χ4v) is 2.50. The van der Waals surface area contributed by atoms with Crippen molar-refractivity contribution in [3.63, 3.8) is 0 Å². The molecule has 0 radical (unpaired) electrons. The van der Waals surface area contributed by atoms with Crippen LogP contribution in [0.2, 0.25) is 0 Å². The maximum Gasteiger partial charge on any atom is 0.261 e. The molecule has 2 rings (SSSR count). The molecule has 1 fully saturated rings. The van der Waals surface area contributed by atoms with Crippen molar-refractivity contribution in [2.45, 2.75) is 51.7 Å². The Balaban J connectivity index is 1.93. The van der Waals surface area contributed by atoms with E-state index in [0.717, 1.165) is 44.5 Å². The maximum atomic E-state index is 11.9. The summed E-state index contributed by atoms with van der Waals surface area (Å²) in [7, 11) is 0. The standard InChI is InChI=1S/C17H26N2O2/c1-3-11-18-13(2)14-7-9-15(10-8-14)21-16-6-4-5-12-19-17(16)20/h7-10,13,16,18H,3-6,11-12H2,1-2H3,(H,19,20). The molecule has 0 spiro atoms.